The van der Waals surface area contributed by atoms with E-state index in [-0.39, 0.29) is 17.7 Å². The Morgan fingerprint density at radius 2 is 1.75 bits per heavy atom. The van der Waals surface area contributed by atoms with E-state index in [9.17, 15) is 9.59 Å². The average Bonchev–Trinajstić information content (AvgIpc) is 2.94. The smallest absolute Gasteiger partial charge is 0.263 e. The standard InChI is InChI=1S/C22H33N3O2S/c1-24-12-8-18(9-13-24)23-21(26)16-6-7-19-17(14-16)15-20(28-19)22(27)25-10-4-2-3-5-11-25/h15-16,18H,2-14H2,1H3,(H,23,26)/t16-/m1/s1. The van der Waals surface area contributed by atoms with Crippen molar-refractivity contribution in [2.75, 3.05) is 33.2 Å². The number of hydrogen-bond acceptors (Lipinski definition) is 4. The summed E-state index contributed by atoms with van der Waals surface area (Å²) in [7, 11) is 2.14. The highest BCUT2D eigenvalue weighted by molar-refractivity contribution is 7.14. The number of nitrogens with one attached hydrogen (secondary N) is 1. The van der Waals surface area contributed by atoms with Gasteiger partial charge in [0, 0.05) is 29.9 Å². The van der Waals surface area contributed by atoms with Gasteiger partial charge in [0.15, 0.2) is 0 Å². The number of thiophene rings is 1. The monoisotopic (exact) mass is 403 g/mol. The number of hydrogen-bond donors (Lipinski definition) is 1. The SMILES string of the molecule is CN1CCC(NC(=O)[C@@H]2CCc3sc(C(=O)N4CCCCCC4)cc3C2)CC1. The third-order valence-corrected chi connectivity index (χ3v) is 7.85. The zero-order chi connectivity index (χ0) is 19.5. The fourth-order valence-corrected chi connectivity index (χ4v) is 5.93. The second kappa shape index (κ2) is 8.95. The lowest BCUT2D eigenvalue weighted by atomic mass is 9.87. The van der Waals surface area contributed by atoms with Crippen molar-refractivity contribution in [3.05, 3.63) is 21.4 Å². The van der Waals surface area contributed by atoms with E-state index in [1.165, 1.54) is 23.3 Å². The van der Waals surface area contributed by atoms with Crippen molar-refractivity contribution in [3.8, 4) is 0 Å². The van der Waals surface area contributed by atoms with Gasteiger partial charge < -0.3 is 15.1 Å². The van der Waals surface area contributed by atoms with Gasteiger partial charge in [0.05, 0.1) is 4.88 Å². The molecule has 1 atom stereocenters. The number of amides is 2. The molecule has 0 aromatic carbocycles. The zero-order valence-corrected chi connectivity index (χ0v) is 17.9. The number of likely N-dealkylation sites (tertiary alicyclic amines) is 2. The van der Waals surface area contributed by atoms with E-state index in [2.05, 4.69) is 23.3 Å². The van der Waals surface area contributed by atoms with E-state index < -0.39 is 0 Å². The molecule has 5 nitrogen and oxygen atoms in total. The number of aryl methyl sites for hydroxylation is 1. The van der Waals surface area contributed by atoms with Crippen LogP contribution in [0, 0.1) is 5.92 Å². The molecule has 2 fully saturated rings. The predicted octanol–water partition coefficient (Wildman–Crippen LogP) is 3.08. The fraction of sp³-hybridized carbons (Fsp3) is 0.727. The third-order valence-electron chi connectivity index (χ3n) is 6.62. The molecular formula is C22H33N3O2S. The highest BCUT2D eigenvalue weighted by atomic mass is 32.1. The van der Waals surface area contributed by atoms with E-state index in [1.807, 2.05) is 4.90 Å². The minimum Gasteiger partial charge on any atom is -0.353 e. The zero-order valence-electron chi connectivity index (χ0n) is 17.0. The molecule has 1 aromatic rings. The molecule has 0 saturated carbocycles. The molecule has 0 unspecified atom stereocenters. The van der Waals surface area contributed by atoms with E-state index in [0.29, 0.717) is 6.04 Å². The van der Waals surface area contributed by atoms with Crippen molar-refractivity contribution in [2.24, 2.45) is 5.92 Å². The van der Waals surface area contributed by atoms with E-state index in [1.54, 1.807) is 11.3 Å². The van der Waals surface area contributed by atoms with Crippen LogP contribution < -0.4 is 5.32 Å². The second-order valence-corrected chi connectivity index (χ2v) is 9.93. The van der Waals surface area contributed by atoms with E-state index in [0.717, 1.165) is 76.0 Å². The summed E-state index contributed by atoms with van der Waals surface area (Å²) in [6.07, 6.45) is 9.43. The van der Waals surface area contributed by atoms with Gasteiger partial charge in [-0.2, -0.15) is 0 Å². The number of fused-ring (bicyclic) bond motifs is 1. The van der Waals surface area contributed by atoms with Crippen LogP contribution in [0.1, 0.15) is 65.1 Å². The molecule has 1 aliphatic carbocycles. The fourth-order valence-electron chi connectivity index (χ4n) is 4.75. The summed E-state index contributed by atoms with van der Waals surface area (Å²) < 4.78 is 0. The summed E-state index contributed by atoms with van der Waals surface area (Å²) in [4.78, 5) is 32.3. The molecule has 154 valence electrons. The van der Waals surface area contributed by atoms with Crippen LogP contribution in [0.4, 0.5) is 0 Å². The summed E-state index contributed by atoms with van der Waals surface area (Å²) in [6, 6.07) is 2.41. The Labute approximate surface area is 172 Å². The van der Waals surface area contributed by atoms with Crippen LogP contribution in [0.2, 0.25) is 0 Å². The molecule has 3 heterocycles. The Kier molecular flexibility index (Phi) is 6.36. The first-order chi connectivity index (χ1) is 13.6. The summed E-state index contributed by atoms with van der Waals surface area (Å²) in [5.41, 5.74) is 1.23. The largest absolute Gasteiger partial charge is 0.353 e. The maximum atomic E-state index is 12.9. The quantitative estimate of drug-likeness (QED) is 0.844. The molecule has 0 spiro atoms. The molecule has 3 aliphatic rings. The minimum absolute atomic E-state index is 0.0582. The molecule has 6 heteroatoms. The lowest BCUT2D eigenvalue weighted by molar-refractivity contribution is -0.126. The summed E-state index contributed by atoms with van der Waals surface area (Å²) >= 11 is 1.67. The summed E-state index contributed by atoms with van der Waals surface area (Å²) in [5.74, 6) is 0.475. The summed E-state index contributed by atoms with van der Waals surface area (Å²) in [5, 5.41) is 3.29. The minimum atomic E-state index is 0.0582. The highest BCUT2D eigenvalue weighted by Gasteiger charge is 2.30. The van der Waals surface area contributed by atoms with Gasteiger partial charge in [0.25, 0.3) is 5.91 Å². The van der Waals surface area contributed by atoms with Gasteiger partial charge in [-0.05, 0) is 76.7 Å². The molecule has 0 radical (unpaired) electrons. The number of carbonyl (C=O) groups is 2. The first kappa shape index (κ1) is 19.9. The van der Waals surface area contributed by atoms with Crippen LogP contribution in [0.3, 0.4) is 0 Å². The van der Waals surface area contributed by atoms with Crippen molar-refractivity contribution in [1.82, 2.24) is 15.1 Å². The first-order valence-corrected chi connectivity index (χ1v) is 11.8. The molecule has 2 aliphatic heterocycles. The van der Waals surface area contributed by atoms with Crippen LogP contribution in [0.25, 0.3) is 0 Å². The van der Waals surface area contributed by atoms with Crippen LogP contribution in [-0.4, -0.2) is 60.9 Å². The van der Waals surface area contributed by atoms with Crippen LogP contribution >= 0.6 is 11.3 Å². The molecule has 1 aromatic heterocycles. The first-order valence-electron chi connectivity index (χ1n) is 11.0. The molecule has 0 bridgehead atoms. The van der Waals surface area contributed by atoms with Crippen molar-refractivity contribution < 1.29 is 9.59 Å². The van der Waals surface area contributed by atoms with Gasteiger partial charge in [-0.25, -0.2) is 0 Å². The van der Waals surface area contributed by atoms with Gasteiger partial charge in [-0.1, -0.05) is 12.8 Å². The molecule has 2 amide bonds. The van der Waals surface area contributed by atoms with E-state index >= 15 is 0 Å². The maximum absolute atomic E-state index is 12.9. The Morgan fingerprint density at radius 1 is 1.04 bits per heavy atom. The van der Waals surface area contributed by atoms with Crippen molar-refractivity contribution in [1.29, 1.82) is 0 Å². The third kappa shape index (κ3) is 4.60. The Hall–Kier alpha value is -1.40. The lowest BCUT2D eigenvalue weighted by Gasteiger charge is -2.31. The van der Waals surface area contributed by atoms with Gasteiger partial charge >= 0.3 is 0 Å². The normalized spacial score (nSPS) is 24.5. The Balaban J connectivity index is 1.36. The van der Waals surface area contributed by atoms with Crippen molar-refractivity contribution in [2.45, 2.75) is 63.8 Å². The van der Waals surface area contributed by atoms with Crippen molar-refractivity contribution >= 4 is 23.2 Å². The molecular weight excluding hydrogens is 370 g/mol. The summed E-state index contributed by atoms with van der Waals surface area (Å²) in [6.45, 7) is 3.91. The second-order valence-electron chi connectivity index (χ2n) is 8.79. The molecule has 1 N–H and O–H groups in total. The molecule has 4 rings (SSSR count). The van der Waals surface area contributed by atoms with Gasteiger partial charge in [0.2, 0.25) is 5.91 Å². The Morgan fingerprint density at radius 3 is 2.46 bits per heavy atom. The average molecular weight is 404 g/mol. The molecule has 2 saturated heterocycles. The van der Waals surface area contributed by atoms with Crippen LogP contribution in [0.15, 0.2) is 6.07 Å². The van der Waals surface area contributed by atoms with Gasteiger partial charge in [-0.15, -0.1) is 11.3 Å². The number of rotatable bonds is 3. The van der Waals surface area contributed by atoms with Gasteiger partial charge in [-0.3, -0.25) is 9.59 Å². The predicted molar refractivity (Wildman–Crippen MR) is 113 cm³/mol. The molecule has 28 heavy (non-hydrogen) atoms. The highest BCUT2D eigenvalue weighted by Crippen LogP contribution is 2.33. The maximum Gasteiger partial charge on any atom is 0.263 e. The Bertz CT molecular complexity index is 701. The van der Waals surface area contributed by atoms with Crippen LogP contribution in [0.5, 0.6) is 0 Å². The number of carbonyl (C=O) groups excluding carboxylic acids is 2. The number of nitrogens with zero attached hydrogens (tertiary/aromatic N) is 2. The topological polar surface area (TPSA) is 52.7 Å². The number of piperidine rings is 1. The van der Waals surface area contributed by atoms with Crippen molar-refractivity contribution in [3.63, 3.8) is 0 Å². The lowest BCUT2D eigenvalue weighted by Crippen LogP contribution is -2.46. The van der Waals surface area contributed by atoms with Gasteiger partial charge in [0.1, 0.15) is 0 Å². The van der Waals surface area contributed by atoms with E-state index in [4.69, 9.17) is 0 Å². The van der Waals surface area contributed by atoms with Crippen LogP contribution in [-0.2, 0) is 17.6 Å².